The molecule has 0 aliphatic heterocycles. The van der Waals surface area contributed by atoms with Gasteiger partial charge in [0.2, 0.25) is 5.88 Å². The third-order valence-corrected chi connectivity index (χ3v) is 3.42. The fraction of sp³-hybridized carbons (Fsp3) is 0.308. The van der Waals surface area contributed by atoms with Gasteiger partial charge >= 0.3 is 6.18 Å². The molecule has 0 bridgehead atoms. The summed E-state index contributed by atoms with van der Waals surface area (Å²) < 4.78 is 40.4. The topological polar surface area (TPSA) is 64.1 Å². The molecule has 22 heavy (non-hydrogen) atoms. The molecule has 2 aromatic heterocycles. The number of aryl methyl sites for hydroxylation is 1. The Balaban J connectivity index is 1.88. The molecular weight excluding hydrogens is 319 g/mol. The molecule has 0 aliphatic rings. The summed E-state index contributed by atoms with van der Waals surface area (Å²) >= 11 is 1.43. The van der Waals surface area contributed by atoms with Crippen LogP contribution in [0.5, 0.6) is 5.88 Å². The molecule has 0 spiro atoms. The van der Waals surface area contributed by atoms with E-state index in [2.05, 4.69) is 20.0 Å². The first-order valence-corrected chi connectivity index (χ1v) is 7.06. The molecule has 118 valence electrons. The molecular formula is C13H12F3N3O2S. The average Bonchev–Trinajstić information content (AvgIpc) is 2.88. The number of nitrogens with zero attached hydrogens (tertiary/aromatic N) is 2. The first kappa shape index (κ1) is 16.2. The van der Waals surface area contributed by atoms with Crippen molar-refractivity contribution in [3.8, 4) is 5.88 Å². The van der Waals surface area contributed by atoms with E-state index in [1.807, 2.05) is 12.3 Å². The zero-order valence-electron chi connectivity index (χ0n) is 11.5. The number of pyridine rings is 1. The molecule has 0 saturated heterocycles. The number of carbonyl (C=O) groups excluding carboxylic acids is 1. The molecule has 0 aliphatic carbocycles. The minimum atomic E-state index is -4.43. The summed E-state index contributed by atoms with van der Waals surface area (Å²) in [6.45, 7) is 0.712. The number of alkyl halides is 3. The third-order valence-electron chi connectivity index (χ3n) is 2.45. The first-order chi connectivity index (χ1) is 10.3. The number of hydrogen-bond acceptors (Lipinski definition) is 5. The number of nitrogens with one attached hydrogen (secondary N) is 1. The van der Waals surface area contributed by atoms with Crippen LogP contribution in [-0.2, 0) is 6.54 Å². The molecule has 2 aromatic rings. The highest BCUT2D eigenvalue weighted by molar-refractivity contribution is 7.09. The van der Waals surface area contributed by atoms with Crippen molar-refractivity contribution in [2.75, 3.05) is 6.61 Å². The standard InChI is InChI=1S/C13H12F3N3O2S/c1-8-6-22-11(19-8)5-18-12(20)9-2-3-10(17-4-9)21-7-13(14,15)16/h2-4,6H,5,7H2,1H3,(H,18,20). The van der Waals surface area contributed by atoms with Crippen molar-refractivity contribution in [3.63, 3.8) is 0 Å². The lowest BCUT2D eigenvalue weighted by atomic mass is 10.2. The zero-order valence-corrected chi connectivity index (χ0v) is 12.3. The molecule has 5 nitrogen and oxygen atoms in total. The minimum Gasteiger partial charge on any atom is -0.468 e. The number of carbonyl (C=O) groups is 1. The quantitative estimate of drug-likeness (QED) is 0.915. The van der Waals surface area contributed by atoms with E-state index >= 15 is 0 Å². The van der Waals surface area contributed by atoms with Crippen LogP contribution >= 0.6 is 11.3 Å². The van der Waals surface area contributed by atoms with Crippen LogP contribution in [0, 0.1) is 6.92 Å². The van der Waals surface area contributed by atoms with Crippen LogP contribution in [0.2, 0.25) is 0 Å². The Labute approximate surface area is 128 Å². The fourth-order valence-electron chi connectivity index (χ4n) is 1.50. The maximum Gasteiger partial charge on any atom is 0.422 e. The number of hydrogen-bond donors (Lipinski definition) is 1. The van der Waals surface area contributed by atoms with Crippen LogP contribution in [-0.4, -0.2) is 28.7 Å². The van der Waals surface area contributed by atoms with Crippen molar-refractivity contribution in [3.05, 3.63) is 40.0 Å². The highest BCUT2D eigenvalue weighted by Gasteiger charge is 2.28. The lowest BCUT2D eigenvalue weighted by Crippen LogP contribution is -2.23. The van der Waals surface area contributed by atoms with Crippen molar-refractivity contribution in [2.24, 2.45) is 0 Å². The highest BCUT2D eigenvalue weighted by atomic mass is 32.1. The predicted octanol–water partition coefficient (Wildman–Crippen LogP) is 2.72. The fourth-order valence-corrected chi connectivity index (χ4v) is 2.21. The molecule has 0 radical (unpaired) electrons. The van der Waals surface area contributed by atoms with Crippen LogP contribution in [0.15, 0.2) is 23.7 Å². The summed E-state index contributed by atoms with van der Waals surface area (Å²) in [6, 6.07) is 2.56. The molecule has 0 unspecified atom stereocenters. The Bertz CT molecular complexity index is 641. The molecule has 0 atom stereocenters. The summed E-state index contributed by atoms with van der Waals surface area (Å²) in [5.41, 5.74) is 1.11. The summed E-state index contributed by atoms with van der Waals surface area (Å²) in [7, 11) is 0. The summed E-state index contributed by atoms with van der Waals surface area (Å²) in [6.07, 6.45) is -3.27. The minimum absolute atomic E-state index is 0.190. The number of amides is 1. The van der Waals surface area contributed by atoms with Crippen LogP contribution in [0.25, 0.3) is 0 Å². The Morgan fingerprint density at radius 3 is 2.73 bits per heavy atom. The van der Waals surface area contributed by atoms with Gasteiger partial charge in [-0.25, -0.2) is 9.97 Å². The Morgan fingerprint density at radius 2 is 2.18 bits per heavy atom. The van der Waals surface area contributed by atoms with Gasteiger partial charge in [-0.1, -0.05) is 0 Å². The van der Waals surface area contributed by atoms with E-state index in [4.69, 9.17) is 0 Å². The highest BCUT2D eigenvalue weighted by Crippen LogP contribution is 2.17. The molecule has 2 rings (SSSR count). The molecule has 1 N–H and O–H groups in total. The van der Waals surface area contributed by atoms with Crippen molar-refractivity contribution >= 4 is 17.2 Å². The number of rotatable bonds is 5. The second-order valence-electron chi connectivity index (χ2n) is 4.35. The molecule has 9 heteroatoms. The molecule has 1 amide bonds. The van der Waals surface area contributed by atoms with Gasteiger partial charge in [0.15, 0.2) is 6.61 Å². The summed E-state index contributed by atoms with van der Waals surface area (Å²) in [5.74, 6) is -0.577. The second-order valence-corrected chi connectivity index (χ2v) is 5.30. The average molecular weight is 331 g/mol. The Kier molecular flexibility index (Phi) is 4.96. The van der Waals surface area contributed by atoms with Crippen molar-refractivity contribution in [1.29, 1.82) is 0 Å². The Hall–Kier alpha value is -2.16. The first-order valence-electron chi connectivity index (χ1n) is 6.18. The monoisotopic (exact) mass is 331 g/mol. The Morgan fingerprint density at radius 1 is 1.41 bits per heavy atom. The smallest absolute Gasteiger partial charge is 0.422 e. The van der Waals surface area contributed by atoms with E-state index in [0.717, 1.165) is 16.9 Å². The van der Waals surface area contributed by atoms with E-state index in [-0.39, 0.29) is 23.9 Å². The van der Waals surface area contributed by atoms with Gasteiger partial charge in [0.1, 0.15) is 5.01 Å². The molecule has 0 saturated carbocycles. The van der Waals surface area contributed by atoms with Crippen LogP contribution < -0.4 is 10.1 Å². The van der Waals surface area contributed by atoms with Gasteiger partial charge in [0.05, 0.1) is 12.1 Å². The predicted molar refractivity (Wildman–Crippen MR) is 73.8 cm³/mol. The van der Waals surface area contributed by atoms with E-state index in [1.165, 1.54) is 23.5 Å². The maximum atomic E-state index is 12.0. The zero-order chi connectivity index (χ0) is 16.2. The van der Waals surface area contributed by atoms with Gasteiger partial charge in [-0.05, 0) is 13.0 Å². The van der Waals surface area contributed by atoms with Gasteiger partial charge < -0.3 is 10.1 Å². The van der Waals surface area contributed by atoms with Crippen LogP contribution in [0.4, 0.5) is 13.2 Å². The molecule has 2 heterocycles. The van der Waals surface area contributed by atoms with E-state index in [0.29, 0.717) is 0 Å². The van der Waals surface area contributed by atoms with E-state index in [9.17, 15) is 18.0 Å². The van der Waals surface area contributed by atoms with E-state index < -0.39 is 12.8 Å². The van der Waals surface area contributed by atoms with Crippen molar-refractivity contribution in [1.82, 2.24) is 15.3 Å². The lowest BCUT2D eigenvalue weighted by molar-refractivity contribution is -0.154. The van der Waals surface area contributed by atoms with E-state index in [1.54, 1.807) is 0 Å². The largest absolute Gasteiger partial charge is 0.468 e. The second kappa shape index (κ2) is 6.73. The lowest BCUT2D eigenvalue weighted by Gasteiger charge is -2.08. The molecule has 0 aromatic carbocycles. The molecule has 0 fully saturated rings. The van der Waals surface area contributed by atoms with Crippen LogP contribution in [0.1, 0.15) is 21.1 Å². The van der Waals surface area contributed by atoms with Crippen LogP contribution in [0.3, 0.4) is 0 Å². The van der Waals surface area contributed by atoms with Gasteiger partial charge in [0, 0.05) is 23.3 Å². The van der Waals surface area contributed by atoms with Crippen molar-refractivity contribution < 1.29 is 22.7 Å². The third kappa shape index (κ3) is 4.99. The van der Waals surface area contributed by atoms with Crippen molar-refractivity contribution in [2.45, 2.75) is 19.6 Å². The van der Waals surface area contributed by atoms with Gasteiger partial charge in [-0.3, -0.25) is 4.79 Å². The number of aromatic nitrogens is 2. The summed E-state index contributed by atoms with van der Waals surface area (Å²) in [5, 5.41) is 5.29. The maximum absolute atomic E-state index is 12.0. The number of halogens is 3. The normalized spacial score (nSPS) is 11.3. The SMILES string of the molecule is Cc1csc(CNC(=O)c2ccc(OCC(F)(F)F)nc2)n1. The van der Waals surface area contributed by atoms with Gasteiger partial charge in [-0.15, -0.1) is 11.3 Å². The number of ether oxygens (including phenoxy) is 1. The summed E-state index contributed by atoms with van der Waals surface area (Å²) in [4.78, 5) is 19.7. The van der Waals surface area contributed by atoms with Gasteiger partial charge in [-0.2, -0.15) is 13.2 Å². The van der Waals surface area contributed by atoms with Gasteiger partial charge in [0.25, 0.3) is 5.91 Å². The number of thiazole rings is 1.